The van der Waals surface area contributed by atoms with Crippen molar-refractivity contribution >= 4 is 5.69 Å². The molecule has 98 valence electrons. The maximum absolute atomic E-state index is 11.8. The van der Waals surface area contributed by atoms with Gasteiger partial charge in [-0.25, -0.2) is 4.73 Å². The number of nitrogens with zero attached hydrogens (tertiary/aromatic N) is 3. The van der Waals surface area contributed by atoms with Crippen LogP contribution in [0.1, 0.15) is 22.8 Å². The molecular formula is C13H13N3O3. The van der Waals surface area contributed by atoms with Gasteiger partial charge in [0.15, 0.2) is 5.69 Å². The molecule has 1 aromatic heterocycles. The predicted octanol–water partition coefficient (Wildman–Crippen LogP) is 1.83. The molecule has 0 aliphatic rings. The van der Waals surface area contributed by atoms with Crippen molar-refractivity contribution in [3.8, 4) is 0 Å². The first-order chi connectivity index (χ1) is 8.97. The van der Waals surface area contributed by atoms with Gasteiger partial charge in [-0.05, 0) is 12.5 Å². The van der Waals surface area contributed by atoms with Gasteiger partial charge >= 0.3 is 5.82 Å². The molecule has 0 fully saturated rings. The van der Waals surface area contributed by atoms with Gasteiger partial charge in [0, 0.05) is 25.1 Å². The van der Waals surface area contributed by atoms with E-state index < -0.39 is 4.92 Å². The highest BCUT2D eigenvalue weighted by molar-refractivity contribution is 5.33. The maximum Gasteiger partial charge on any atom is 0.306 e. The molecule has 1 heterocycles. The lowest BCUT2D eigenvalue weighted by Gasteiger charge is -2.09. The summed E-state index contributed by atoms with van der Waals surface area (Å²) in [6.45, 7) is 3.55. The topological polar surface area (TPSA) is 83.0 Å². The van der Waals surface area contributed by atoms with E-state index in [1.807, 2.05) is 6.92 Å². The molecule has 0 saturated heterocycles. The van der Waals surface area contributed by atoms with Crippen LogP contribution in [0.3, 0.4) is 0 Å². The average molecular weight is 259 g/mol. The van der Waals surface area contributed by atoms with Crippen LogP contribution in [0.5, 0.6) is 0 Å². The molecule has 0 unspecified atom stereocenters. The quantitative estimate of drug-likeness (QED) is 0.364. The first kappa shape index (κ1) is 12.9. The van der Waals surface area contributed by atoms with Gasteiger partial charge in [-0.2, -0.15) is 0 Å². The van der Waals surface area contributed by atoms with Crippen molar-refractivity contribution in [1.29, 1.82) is 0 Å². The van der Waals surface area contributed by atoms with E-state index in [2.05, 4.69) is 4.98 Å². The Balaban J connectivity index is 2.28. The number of nitro groups is 1. The van der Waals surface area contributed by atoms with E-state index in [1.54, 1.807) is 25.1 Å². The van der Waals surface area contributed by atoms with Crippen molar-refractivity contribution in [3.05, 3.63) is 68.4 Å². The number of nitro benzene ring substituents is 1. The van der Waals surface area contributed by atoms with E-state index in [4.69, 9.17) is 0 Å². The van der Waals surface area contributed by atoms with Crippen LogP contribution in [-0.2, 0) is 6.42 Å². The lowest BCUT2D eigenvalue weighted by atomic mass is 10.1. The predicted molar refractivity (Wildman–Crippen MR) is 68.6 cm³/mol. The van der Waals surface area contributed by atoms with Crippen LogP contribution in [-0.4, -0.2) is 9.91 Å². The SMILES string of the molecule is Cc1cc(C)[n+]([O-])c(Cc2ccc([N+](=O)[O-])cc2)n1. The van der Waals surface area contributed by atoms with Crippen molar-refractivity contribution < 1.29 is 9.65 Å². The van der Waals surface area contributed by atoms with Crippen molar-refractivity contribution in [2.24, 2.45) is 0 Å². The molecule has 0 N–H and O–H groups in total. The van der Waals surface area contributed by atoms with Gasteiger partial charge in [0.1, 0.15) is 5.69 Å². The summed E-state index contributed by atoms with van der Waals surface area (Å²) in [5, 5.41) is 22.4. The van der Waals surface area contributed by atoms with Gasteiger partial charge < -0.3 is 5.21 Å². The minimum atomic E-state index is -0.452. The number of rotatable bonds is 3. The second-order valence-electron chi connectivity index (χ2n) is 4.35. The van der Waals surface area contributed by atoms with E-state index in [1.165, 1.54) is 12.1 Å². The molecule has 2 rings (SSSR count). The summed E-state index contributed by atoms with van der Waals surface area (Å²) >= 11 is 0. The second kappa shape index (κ2) is 5.01. The van der Waals surface area contributed by atoms with Crippen LogP contribution >= 0.6 is 0 Å². The van der Waals surface area contributed by atoms with Crippen LogP contribution in [0, 0.1) is 29.2 Å². The molecule has 19 heavy (non-hydrogen) atoms. The Kier molecular flexibility index (Phi) is 3.41. The number of benzene rings is 1. The monoisotopic (exact) mass is 259 g/mol. The van der Waals surface area contributed by atoms with Gasteiger partial charge in [-0.3, -0.25) is 10.1 Å². The van der Waals surface area contributed by atoms with Crippen LogP contribution in [0.4, 0.5) is 5.69 Å². The van der Waals surface area contributed by atoms with E-state index in [-0.39, 0.29) is 5.69 Å². The van der Waals surface area contributed by atoms with Crippen molar-refractivity contribution in [2.45, 2.75) is 20.3 Å². The zero-order valence-corrected chi connectivity index (χ0v) is 10.7. The third-order valence-electron chi connectivity index (χ3n) is 2.79. The van der Waals surface area contributed by atoms with Crippen LogP contribution < -0.4 is 4.73 Å². The first-order valence-corrected chi connectivity index (χ1v) is 5.77. The minimum absolute atomic E-state index is 0.0344. The third kappa shape index (κ3) is 2.85. The molecule has 0 bridgehead atoms. The van der Waals surface area contributed by atoms with E-state index in [0.29, 0.717) is 17.9 Å². The molecular weight excluding hydrogens is 246 g/mol. The van der Waals surface area contributed by atoms with Crippen LogP contribution in [0.25, 0.3) is 0 Å². The highest BCUT2D eigenvalue weighted by Crippen LogP contribution is 2.13. The van der Waals surface area contributed by atoms with Crippen molar-refractivity contribution in [3.63, 3.8) is 0 Å². The Morgan fingerprint density at radius 3 is 2.47 bits per heavy atom. The lowest BCUT2D eigenvalue weighted by Crippen LogP contribution is -2.37. The number of hydrogen-bond donors (Lipinski definition) is 0. The summed E-state index contributed by atoms with van der Waals surface area (Å²) in [5.41, 5.74) is 2.21. The summed E-state index contributed by atoms with van der Waals surface area (Å²) in [6, 6.07) is 7.83. The molecule has 2 aromatic rings. The smallest absolute Gasteiger partial charge is 0.306 e. The highest BCUT2D eigenvalue weighted by Gasteiger charge is 2.13. The number of aromatic nitrogens is 2. The largest absolute Gasteiger partial charge is 0.711 e. The Morgan fingerprint density at radius 1 is 1.26 bits per heavy atom. The molecule has 0 saturated carbocycles. The normalized spacial score (nSPS) is 10.4. The minimum Gasteiger partial charge on any atom is -0.711 e. The zero-order chi connectivity index (χ0) is 14.0. The highest BCUT2D eigenvalue weighted by atomic mass is 16.6. The molecule has 0 radical (unpaired) electrons. The van der Waals surface area contributed by atoms with Gasteiger partial charge in [0.25, 0.3) is 5.69 Å². The summed E-state index contributed by atoms with van der Waals surface area (Å²) in [4.78, 5) is 14.3. The average Bonchev–Trinajstić information content (AvgIpc) is 2.36. The number of aryl methyl sites for hydroxylation is 2. The third-order valence-corrected chi connectivity index (χ3v) is 2.79. The number of non-ortho nitro benzene ring substituents is 1. The Morgan fingerprint density at radius 2 is 1.89 bits per heavy atom. The van der Waals surface area contributed by atoms with Gasteiger partial charge in [-0.1, -0.05) is 17.1 Å². The summed E-state index contributed by atoms with van der Waals surface area (Å²) in [7, 11) is 0. The first-order valence-electron chi connectivity index (χ1n) is 5.77. The molecule has 0 aliphatic carbocycles. The van der Waals surface area contributed by atoms with E-state index in [9.17, 15) is 15.3 Å². The molecule has 1 aromatic carbocycles. The lowest BCUT2D eigenvalue weighted by molar-refractivity contribution is -0.624. The zero-order valence-electron chi connectivity index (χ0n) is 10.7. The maximum atomic E-state index is 11.8. The summed E-state index contributed by atoms with van der Waals surface area (Å²) in [6.07, 6.45) is 0.351. The fraction of sp³-hybridized carbons (Fsp3) is 0.231. The van der Waals surface area contributed by atoms with Crippen molar-refractivity contribution in [1.82, 2.24) is 4.98 Å². The van der Waals surface area contributed by atoms with Gasteiger partial charge in [-0.15, -0.1) is 0 Å². The van der Waals surface area contributed by atoms with E-state index >= 15 is 0 Å². The second-order valence-corrected chi connectivity index (χ2v) is 4.35. The molecule has 0 aliphatic heterocycles. The molecule has 0 amide bonds. The molecule has 6 nitrogen and oxygen atoms in total. The van der Waals surface area contributed by atoms with Gasteiger partial charge in [0.05, 0.1) is 11.3 Å². The molecule has 0 atom stereocenters. The van der Waals surface area contributed by atoms with Gasteiger partial charge in [0.2, 0.25) is 0 Å². The fourth-order valence-electron chi connectivity index (χ4n) is 1.88. The summed E-state index contributed by atoms with van der Waals surface area (Å²) in [5.74, 6) is 0.395. The fourth-order valence-corrected chi connectivity index (χ4v) is 1.88. The Hall–Kier alpha value is -2.50. The number of hydrogen-bond acceptors (Lipinski definition) is 4. The van der Waals surface area contributed by atoms with E-state index in [0.717, 1.165) is 16.0 Å². The molecule has 0 spiro atoms. The van der Waals surface area contributed by atoms with Crippen LogP contribution in [0.15, 0.2) is 30.3 Å². The Labute approximate surface area is 110 Å². The standard InChI is InChI=1S/C13H13N3O3/c1-9-7-10(2)15(17)13(14-9)8-11-3-5-12(6-4-11)16(18)19/h3-7H,8H2,1-2H3. The summed E-state index contributed by atoms with van der Waals surface area (Å²) < 4.78 is 0.786. The van der Waals surface area contributed by atoms with Crippen molar-refractivity contribution in [2.75, 3.05) is 0 Å². The molecule has 6 heteroatoms. The Bertz CT molecular complexity index is 624. The van der Waals surface area contributed by atoms with Crippen LogP contribution in [0.2, 0.25) is 0 Å².